The van der Waals surface area contributed by atoms with Crippen LogP contribution in [-0.4, -0.2) is 36.1 Å². The largest absolute Gasteiger partial charge is 0.417 e. The maximum absolute atomic E-state index is 12.5. The summed E-state index contributed by atoms with van der Waals surface area (Å²) in [6.45, 7) is 6.03. The molecule has 0 amide bonds. The fourth-order valence-corrected chi connectivity index (χ4v) is 2.70. The minimum Gasteiger partial charge on any atom is -0.369 e. The number of piperidine rings is 1. The average Bonchev–Trinajstić information content (AvgIpc) is 2.45. The highest BCUT2D eigenvalue weighted by atomic mass is 35.5. The van der Waals surface area contributed by atoms with E-state index in [0.717, 1.165) is 44.7 Å². The highest BCUT2D eigenvalue weighted by molar-refractivity contribution is 6.32. The van der Waals surface area contributed by atoms with Gasteiger partial charge in [0.05, 0.1) is 10.6 Å². The fourth-order valence-electron chi connectivity index (χ4n) is 2.47. The summed E-state index contributed by atoms with van der Waals surface area (Å²) < 4.78 is 37.6. The molecule has 1 fully saturated rings. The number of hydrogen-bond acceptors (Lipinski definition) is 3. The van der Waals surface area contributed by atoms with E-state index in [0.29, 0.717) is 18.3 Å². The quantitative estimate of drug-likeness (QED) is 0.911. The van der Waals surface area contributed by atoms with E-state index in [1.807, 2.05) is 0 Å². The maximum atomic E-state index is 12.5. The molecular weight excluding hydrogens is 303 g/mol. The average molecular weight is 322 g/mol. The van der Waals surface area contributed by atoms with Gasteiger partial charge in [-0.15, -0.1) is 0 Å². The van der Waals surface area contributed by atoms with Gasteiger partial charge in [0.2, 0.25) is 0 Å². The molecule has 3 nitrogen and oxygen atoms in total. The number of likely N-dealkylation sites (tertiary alicyclic amines) is 1. The third-order valence-corrected chi connectivity index (χ3v) is 4.17. The molecule has 1 aromatic heterocycles. The SMILES string of the molecule is CCN1CCC(CNc2ncc(C(F)(F)F)cc2Cl)CC1. The number of anilines is 1. The number of pyridine rings is 1. The van der Waals surface area contributed by atoms with E-state index in [9.17, 15) is 13.2 Å². The number of rotatable bonds is 4. The van der Waals surface area contributed by atoms with Crippen molar-refractivity contribution in [3.05, 3.63) is 22.8 Å². The predicted octanol–water partition coefficient (Wildman–Crippen LogP) is 3.90. The van der Waals surface area contributed by atoms with E-state index in [4.69, 9.17) is 11.6 Å². The predicted molar refractivity (Wildman–Crippen MR) is 77.6 cm³/mol. The minimum absolute atomic E-state index is 0.0100. The molecule has 118 valence electrons. The van der Waals surface area contributed by atoms with Gasteiger partial charge in [0.15, 0.2) is 0 Å². The minimum atomic E-state index is -4.41. The van der Waals surface area contributed by atoms with Crippen LogP contribution in [0.25, 0.3) is 0 Å². The van der Waals surface area contributed by atoms with E-state index >= 15 is 0 Å². The summed E-state index contributed by atoms with van der Waals surface area (Å²) in [5.74, 6) is 0.829. The lowest BCUT2D eigenvalue weighted by molar-refractivity contribution is -0.137. The Morgan fingerprint density at radius 2 is 2.05 bits per heavy atom. The van der Waals surface area contributed by atoms with Gasteiger partial charge in [0, 0.05) is 12.7 Å². The van der Waals surface area contributed by atoms with Gasteiger partial charge in [-0.3, -0.25) is 0 Å². The van der Waals surface area contributed by atoms with Crippen LogP contribution in [0.5, 0.6) is 0 Å². The van der Waals surface area contributed by atoms with Crippen molar-refractivity contribution in [2.75, 3.05) is 31.5 Å². The molecule has 0 aromatic carbocycles. The lowest BCUT2D eigenvalue weighted by Gasteiger charge is -2.31. The third kappa shape index (κ3) is 4.48. The Morgan fingerprint density at radius 3 is 2.57 bits per heavy atom. The maximum Gasteiger partial charge on any atom is 0.417 e. The summed E-state index contributed by atoms with van der Waals surface area (Å²) in [5, 5.41) is 3.08. The highest BCUT2D eigenvalue weighted by Gasteiger charge is 2.31. The van der Waals surface area contributed by atoms with Crippen LogP contribution in [-0.2, 0) is 6.18 Å². The molecule has 0 bridgehead atoms. The molecule has 0 spiro atoms. The molecule has 0 saturated carbocycles. The molecule has 7 heteroatoms. The summed E-state index contributed by atoms with van der Waals surface area (Å²) >= 11 is 5.87. The molecule has 1 aliphatic heterocycles. The van der Waals surface area contributed by atoms with Gasteiger partial charge >= 0.3 is 6.18 Å². The van der Waals surface area contributed by atoms with Gasteiger partial charge in [0.1, 0.15) is 5.82 Å². The molecule has 21 heavy (non-hydrogen) atoms. The summed E-state index contributed by atoms with van der Waals surface area (Å²) in [7, 11) is 0. The van der Waals surface area contributed by atoms with Crippen LogP contribution in [0.2, 0.25) is 5.02 Å². The van der Waals surface area contributed by atoms with Crippen molar-refractivity contribution < 1.29 is 13.2 Å². The van der Waals surface area contributed by atoms with Crippen molar-refractivity contribution in [2.24, 2.45) is 5.92 Å². The second-order valence-electron chi connectivity index (χ2n) is 5.31. The normalized spacial score (nSPS) is 18.0. The van der Waals surface area contributed by atoms with Gasteiger partial charge in [-0.25, -0.2) is 4.98 Å². The molecule has 1 saturated heterocycles. The van der Waals surface area contributed by atoms with Gasteiger partial charge < -0.3 is 10.2 Å². The summed E-state index contributed by atoms with van der Waals surface area (Å²) in [6, 6.07) is 0.913. The second kappa shape index (κ2) is 6.83. The topological polar surface area (TPSA) is 28.2 Å². The highest BCUT2D eigenvalue weighted by Crippen LogP contribution is 2.32. The lowest BCUT2D eigenvalue weighted by atomic mass is 9.97. The van der Waals surface area contributed by atoms with E-state index in [2.05, 4.69) is 22.1 Å². The lowest BCUT2D eigenvalue weighted by Crippen LogP contribution is -2.35. The number of alkyl halides is 3. The van der Waals surface area contributed by atoms with Crippen LogP contribution in [0, 0.1) is 5.92 Å². The first-order valence-corrected chi connectivity index (χ1v) is 7.47. The molecule has 0 aliphatic carbocycles. The van der Waals surface area contributed by atoms with Crippen LogP contribution >= 0.6 is 11.6 Å². The number of hydrogen-bond donors (Lipinski definition) is 1. The van der Waals surface area contributed by atoms with Crippen molar-refractivity contribution >= 4 is 17.4 Å². The van der Waals surface area contributed by atoms with Crippen molar-refractivity contribution in [2.45, 2.75) is 25.9 Å². The molecule has 0 radical (unpaired) electrons. The molecule has 0 unspecified atom stereocenters. The van der Waals surface area contributed by atoms with E-state index in [1.54, 1.807) is 0 Å². The van der Waals surface area contributed by atoms with Crippen LogP contribution in [0.4, 0.5) is 19.0 Å². The Morgan fingerprint density at radius 1 is 1.38 bits per heavy atom. The van der Waals surface area contributed by atoms with Crippen molar-refractivity contribution in [3.63, 3.8) is 0 Å². The van der Waals surface area contributed by atoms with Crippen LogP contribution in [0.15, 0.2) is 12.3 Å². The molecule has 2 rings (SSSR count). The van der Waals surface area contributed by atoms with E-state index in [-0.39, 0.29) is 5.02 Å². The third-order valence-electron chi connectivity index (χ3n) is 3.88. The Hall–Kier alpha value is -1.01. The molecular formula is C14H19ClF3N3. The fraction of sp³-hybridized carbons (Fsp3) is 0.643. The van der Waals surface area contributed by atoms with Crippen molar-refractivity contribution in [3.8, 4) is 0 Å². The Balaban J connectivity index is 1.89. The van der Waals surface area contributed by atoms with Gasteiger partial charge in [-0.2, -0.15) is 13.2 Å². The smallest absolute Gasteiger partial charge is 0.369 e. The van der Waals surface area contributed by atoms with Crippen LogP contribution < -0.4 is 5.32 Å². The van der Waals surface area contributed by atoms with E-state index < -0.39 is 11.7 Å². The van der Waals surface area contributed by atoms with E-state index in [1.165, 1.54) is 0 Å². The monoisotopic (exact) mass is 321 g/mol. The molecule has 1 aromatic rings. The molecule has 1 aliphatic rings. The first-order valence-electron chi connectivity index (χ1n) is 7.09. The van der Waals surface area contributed by atoms with Crippen LogP contribution in [0.3, 0.4) is 0 Å². The molecule has 1 N–H and O–H groups in total. The molecule has 2 heterocycles. The zero-order valence-corrected chi connectivity index (χ0v) is 12.6. The Labute approximate surface area is 127 Å². The van der Waals surface area contributed by atoms with Crippen molar-refractivity contribution in [1.82, 2.24) is 9.88 Å². The number of nitrogens with zero attached hydrogens (tertiary/aromatic N) is 2. The summed E-state index contributed by atoms with van der Waals surface area (Å²) in [5.41, 5.74) is -0.825. The first-order chi connectivity index (χ1) is 9.90. The van der Waals surface area contributed by atoms with Crippen molar-refractivity contribution in [1.29, 1.82) is 0 Å². The number of aromatic nitrogens is 1. The number of nitrogens with one attached hydrogen (secondary N) is 1. The van der Waals surface area contributed by atoms with Gasteiger partial charge in [0.25, 0.3) is 0 Å². The zero-order valence-electron chi connectivity index (χ0n) is 11.9. The standard InChI is InChI=1S/C14H19ClF3N3/c1-2-21-5-3-10(4-6-21)8-19-13-12(15)7-11(9-20-13)14(16,17)18/h7,9-10H,2-6,8H2,1H3,(H,19,20). The van der Waals surface area contributed by atoms with Crippen LogP contribution in [0.1, 0.15) is 25.3 Å². The van der Waals surface area contributed by atoms with Gasteiger partial charge in [-0.1, -0.05) is 18.5 Å². The summed E-state index contributed by atoms with van der Waals surface area (Å²) in [4.78, 5) is 6.18. The number of halogens is 4. The Bertz CT molecular complexity index is 471. The molecule has 0 atom stereocenters. The Kier molecular flexibility index (Phi) is 5.32. The second-order valence-corrected chi connectivity index (χ2v) is 5.72. The first kappa shape index (κ1) is 16.4. The van der Waals surface area contributed by atoms with Gasteiger partial charge in [-0.05, 0) is 44.5 Å². The summed E-state index contributed by atoms with van der Waals surface area (Å²) in [6.07, 6.45) is -1.44. The zero-order chi connectivity index (χ0) is 15.5.